The van der Waals surface area contributed by atoms with Crippen molar-refractivity contribution in [3.8, 4) is 0 Å². The molecule has 0 radical (unpaired) electrons. The SMILES string of the molecule is CN=C(NCCc1ccccn1)NCc1ccc(C(F)(F)F)cc1.I. The minimum atomic E-state index is -4.31. The quantitative estimate of drug-likeness (QED) is 0.404. The maximum atomic E-state index is 12.5. The standard InChI is InChI=1S/C17H19F3N4.HI/c1-21-16(23-11-9-15-4-2-3-10-22-15)24-12-13-5-7-14(8-6-13)17(18,19)20;/h2-8,10H,9,11-12H2,1H3,(H2,21,23,24);1H. The van der Waals surface area contributed by atoms with Crippen LogP contribution in [0.15, 0.2) is 53.7 Å². The van der Waals surface area contributed by atoms with E-state index in [9.17, 15) is 13.2 Å². The number of benzene rings is 1. The molecular formula is C17H20F3IN4. The molecule has 4 nitrogen and oxygen atoms in total. The normalized spacial score (nSPS) is 11.6. The van der Waals surface area contributed by atoms with Gasteiger partial charge in [0, 0.05) is 38.4 Å². The molecule has 136 valence electrons. The Morgan fingerprint density at radius 1 is 1.08 bits per heavy atom. The highest BCUT2D eigenvalue weighted by molar-refractivity contribution is 14.0. The van der Waals surface area contributed by atoms with Crippen molar-refractivity contribution in [3.63, 3.8) is 0 Å². The molecule has 0 saturated heterocycles. The van der Waals surface area contributed by atoms with Crippen molar-refractivity contribution in [1.82, 2.24) is 15.6 Å². The number of hydrogen-bond acceptors (Lipinski definition) is 2. The molecule has 25 heavy (non-hydrogen) atoms. The van der Waals surface area contributed by atoms with Crippen LogP contribution in [0.5, 0.6) is 0 Å². The van der Waals surface area contributed by atoms with E-state index in [2.05, 4.69) is 20.6 Å². The van der Waals surface area contributed by atoms with Crippen LogP contribution in [-0.2, 0) is 19.1 Å². The summed E-state index contributed by atoms with van der Waals surface area (Å²) >= 11 is 0. The number of alkyl halides is 3. The van der Waals surface area contributed by atoms with Gasteiger partial charge in [-0.15, -0.1) is 24.0 Å². The topological polar surface area (TPSA) is 49.3 Å². The van der Waals surface area contributed by atoms with Gasteiger partial charge < -0.3 is 10.6 Å². The zero-order valence-electron chi connectivity index (χ0n) is 13.7. The minimum Gasteiger partial charge on any atom is -0.356 e. The Labute approximate surface area is 162 Å². The smallest absolute Gasteiger partial charge is 0.356 e. The van der Waals surface area contributed by atoms with Crippen LogP contribution in [-0.4, -0.2) is 24.5 Å². The van der Waals surface area contributed by atoms with Crippen LogP contribution in [0.4, 0.5) is 13.2 Å². The first-order valence-corrected chi connectivity index (χ1v) is 7.49. The van der Waals surface area contributed by atoms with Crippen molar-refractivity contribution in [2.45, 2.75) is 19.1 Å². The second-order valence-corrected chi connectivity index (χ2v) is 5.12. The van der Waals surface area contributed by atoms with E-state index in [0.29, 0.717) is 19.0 Å². The van der Waals surface area contributed by atoms with E-state index in [0.717, 1.165) is 29.8 Å². The summed E-state index contributed by atoms with van der Waals surface area (Å²) in [6.45, 7) is 1.05. The molecule has 0 spiro atoms. The van der Waals surface area contributed by atoms with Gasteiger partial charge in [0.2, 0.25) is 0 Å². The van der Waals surface area contributed by atoms with Gasteiger partial charge in [-0.1, -0.05) is 18.2 Å². The van der Waals surface area contributed by atoms with Crippen molar-refractivity contribution >= 4 is 29.9 Å². The van der Waals surface area contributed by atoms with Crippen LogP contribution in [0, 0.1) is 0 Å². The number of nitrogens with zero attached hydrogens (tertiary/aromatic N) is 2. The van der Waals surface area contributed by atoms with E-state index >= 15 is 0 Å². The van der Waals surface area contributed by atoms with Crippen LogP contribution in [0.3, 0.4) is 0 Å². The number of halogens is 4. The summed E-state index contributed by atoms with van der Waals surface area (Å²) in [5.41, 5.74) is 1.07. The van der Waals surface area contributed by atoms with E-state index in [1.54, 1.807) is 13.2 Å². The lowest BCUT2D eigenvalue weighted by atomic mass is 10.1. The lowest BCUT2D eigenvalue weighted by Gasteiger charge is -2.12. The molecule has 8 heteroatoms. The second-order valence-electron chi connectivity index (χ2n) is 5.12. The van der Waals surface area contributed by atoms with Crippen LogP contribution in [0.25, 0.3) is 0 Å². The Hall–Kier alpha value is -1.84. The van der Waals surface area contributed by atoms with Crippen LogP contribution < -0.4 is 10.6 Å². The fourth-order valence-corrected chi connectivity index (χ4v) is 2.07. The van der Waals surface area contributed by atoms with E-state index in [1.165, 1.54) is 12.1 Å². The first-order chi connectivity index (χ1) is 11.5. The van der Waals surface area contributed by atoms with E-state index in [4.69, 9.17) is 0 Å². The molecule has 0 bridgehead atoms. The maximum Gasteiger partial charge on any atom is 0.416 e. The van der Waals surface area contributed by atoms with Gasteiger partial charge in [0.15, 0.2) is 5.96 Å². The summed E-state index contributed by atoms with van der Waals surface area (Å²) in [5.74, 6) is 0.589. The van der Waals surface area contributed by atoms with Gasteiger partial charge in [-0.25, -0.2) is 0 Å². The van der Waals surface area contributed by atoms with E-state index in [1.807, 2.05) is 18.2 Å². The maximum absolute atomic E-state index is 12.5. The second kappa shape index (κ2) is 10.2. The zero-order chi connectivity index (χ0) is 17.4. The molecule has 2 N–H and O–H groups in total. The Kier molecular flexibility index (Phi) is 8.67. The van der Waals surface area contributed by atoms with Crippen molar-refractivity contribution in [2.75, 3.05) is 13.6 Å². The molecule has 0 aliphatic heterocycles. The molecule has 1 aromatic carbocycles. The predicted molar refractivity (Wildman–Crippen MR) is 103 cm³/mol. The van der Waals surface area contributed by atoms with Gasteiger partial charge in [0.05, 0.1) is 5.56 Å². The van der Waals surface area contributed by atoms with Crippen LogP contribution in [0.2, 0.25) is 0 Å². The van der Waals surface area contributed by atoms with Gasteiger partial charge in [-0.05, 0) is 29.8 Å². The van der Waals surface area contributed by atoms with Crippen molar-refractivity contribution in [3.05, 3.63) is 65.5 Å². The third-order valence-electron chi connectivity index (χ3n) is 3.36. The van der Waals surface area contributed by atoms with Gasteiger partial charge in [0.25, 0.3) is 0 Å². The third kappa shape index (κ3) is 7.29. The average molecular weight is 464 g/mol. The summed E-state index contributed by atoms with van der Waals surface area (Å²) in [4.78, 5) is 8.32. The number of aliphatic imine (C=N–C) groups is 1. The Bertz CT molecular complexity index is 658. The lowest BCUT2D eigenvalue weighted by molar-refractivity contribution is -0.137. The number of hydrogen-bond donors (Lipinski definition) is 2. The lowest BCUT2D eigenvalue weighted by Crippen LogP contribution is -2.37. The number of guanidine groups is 1. The predicted octanol–water partition coefficient (Wildman–Crippen LogP) is 3.63. The monoisotopic (exact) mass is 464 g/mol. The van der Waals surface area contributed by atoms with E-state index < -0.39 is 11.7 Å². The molecule has 2 rings (SSSR count). The molecule has 2 aromatic rings. The first-order valence-electron chi connectivity index (χ1n) is 7.49. The summed E-state index contributed by atoms with van der Waals surface area (Å²) in [5, 5.41) is 6.21. The van der Waals surface area contributed by atoms with E-state index in [-0.39, 0.29) is 24.0 Å². The largest absolute Gasteiger partial charge is 0.416 e. The number of rotatable bonds is 5. The number of aromatic nitrogens is 1. The molecule has 0 unspecified atom stereocenters. The molecule has 0 fully saturated rings. The molecule has 0 aliphatic carbocycles. The molecule has 1 heterocycles. The average Bonchev–Trinajstić information content (AvgIpc) is 2.58. The Morgan fingerprint density at radius 3 is 2.36 bits per heavy atom. The van der Waals surface area contributed by atoms with Crippen molar-refractivity contribution in [1.29, 1.82) is 0 Å². The summed E-state index contributed by atoms with van der Waals surface area (Å²) in [6, 6.07) is 10.8. The van der Waals surface area contributed by atoms with Gasteiger partial charge in [0.1, 0.15) is 0 Å². The van der Waals surface area contributed by atoms with Gasteiger partial charge in [-0.2, -0.15) is 13.2 Å². The Balaban J connectivity index is 0.00000312. The van der Waals surface area contributed by atoms with Gasteiger partial charge >= 0.3 is 6.18 Å². The zero-order valence-corrected chi connectivity index (χ0v) is 16.0. The number of nitrogens with one attached hydrogen (secondary N) is 2. The number of pyridine rings is 1. The summed E-state index contributed by atoms with van der Waals surface area (Å²) in [6.07, 6.45) is -1.82. The molecular weight excluding hydrogens is 444 g/mol. The highest BCUT2D eigenvalue weighted by Gasteiger charge is 2.29. The summed E-state index contributed by atoms with van der Waals surface area (Å²) in [7, 11) is 1.64. The van der Waals surface area contributed by atoms with Crippen LogP contribution >= 0.6 is 24.0 Å². The fraction of sp³-hybridized carbons (Fsp3) is 0.294. The Morgan fingerprint density at radius 2 is 1.80 bits per heavy atom. The third-order valence-corrected chi connectivity index (χ3v) is 3.36. The van der Waals surface area contributed by atoms with Crippen molar-refractivity contribution in [2.24, 2.45) is 4.99 Å². The highest BCUT2D eigenvalue weighted by Crippen LogP contribution is 2.28. The molecule has 1 aromatic heterocycles. The molecule has 0 amide bonds. The first kappa shape index (κ1) is 21.2. The minimum absolute atomic E-state index is 0. The fourth-order valence-electron chi connectivity index (χ4n) is 2.07. The summed E-state index contributed by atoms with van der Waals surface area (Å²) < 4.78 is 37.6. The highest BCUT2D eigenvalue weighted by atomic mass is 127. The molecule has 0 aliphatic rings. The van der Waals surface area contributed by atoms with Crippen molar-refractivity contribution < 1.29 is 13.2 Å². The molecule has 0 saturated carbocycles. The van der Waals surface area contributed by atoms with Gasteiger partial charge in [-0.3, -0.25) is 9.98 Å². The van der Waals surface area contributed by atoms with Crippen LogP contribution in [0.1, 0.15) is 16.8 Å². The molecule has 0 atom stereocenters.